The summed E-state index contributed by atoms with van der Waals surface area (Å²) in [6, 6.07) is 14.8. The van der Waals surface area contributed by atoms with Crippen LogP contribution in [0.1, 0.15) is 54.3 Å². The summed E-state index contributed by atoms with van der Waals surface area (Å²) in [6.45, 7) is 6.21. The summed E-state index contributed by atoms with van der Waals surface area (Å²) in [7, 11) is 0. The molecular weight excluding hydrogens is 422 g/mol. The first-order valence-electron chi connectivity index (χ1n) is 11.2. The van der Waals surface area contributed by atoms with Gasteiger partial charge in [0.15, 0.2) is 0 Å². The van der Waals surface area contributed by atoms with E-state index in [1.807, 2.05) is 24.4 Å². The van der Waals surface area contributed by atoms with E-state index in [4.69, 9.17) is 14.6 Å². The first kappa shape index (κ1) is 24.3. The lowest BCUT2D eigenvalue weighted by atomic mass is 10.0. The van der Waals surface area contributed by atoms with Gasteiger partial charge in [-0.25, -0.2) is 4.79 Å². The van der Waals surface area contributed by atoms with Gasteiger partial charge in [0.05, 0.1) is 18.9 Å². The van der Waals surface area contributed by atoms with Gasteiger partial charge in [-0.3, -0.25) is 4.79 Å². The van der Waals surface area contributed by atoms with Crippen molar-refractivity contribution >= 4 is 5.97 Å². The first-order valence-corrected chi connectivity index (χ1v) is 11.2. The molecule has 1 aromatic carbocycles. The third-order valence-corrected chi connectivity index (χ3v) is 5.43. The second kappa shape index (κ2) is 12.1. The number of aromatic carboxylic acids is 1. The van der Waals surface area contributed by atoms with Gasteiger partial charge in [0.1, 0.15) is 12.4 Å². The van der Waals surface area contributed by atoms with Crippen molar-refractivity contribution in [3.8, 4) is 5.75 Å². The van der Waals surface area contributed by atoms with Gasteiger partial charge in [0, 0.05) is 18.9 Å². The summed E-state index contributed by atoms with van der Waals surface area (Å²) in [5, 5.41) is 8.18. The normalized spacial score (nSPS) is 15.2. The van der Waals surface area contributed by atoms with Crippen LogP contribution < -0.4 is 10.3 Å². The zero-order valence-corrected chi connectivity index (χ0v) is 19.1. The van der Waals surface area contributed by atoms with Crippen LogP contribution in [0.3, 0.4) is 0 Å². The van der Waals surface area contributed by atoms with E-state index >= 15 is 0 Å². The van der Waals surface area contributed by atoms with Crippen LogP contribution in [0.4, 0.5) is 0 Å². The number of aromatic nitrogens is 1. The van der Waals surface area contributed by atoms with E-state index < -0.39 is 5.97 Å². The SMILES string of the molecule is CC(C)c1ccc(OCCn2ccc(CC3CCCO3)cc2=O)cc1.O=C(O)c1ccco1. The van der Waals surface area contributed by atoms with Gasteiger partial charge in [0.25, 0.3) is 5.56 Å². The van der Waals surface area contributed by atoms with Crippen LogP contribution in [0, 0.1) is 0 Å². The molecule has 1 N–H and O–H groups in total. The molecule has 3 heterocycles. The van der Waals surface area contributed by atoms with E-state index in [1.54, 1.807) is 10.6 Å². The van der Waals surface area contributed by atoms with E-state index in [2.05, 4.69) is 30.4 Å². The van der Waals surface area contributed by atoms with Crippen molar-refractivity contribution in [1.82, 2.24) is 4.57 Å². The number of furan rings is 1. The minimum atomic E-state index is -1.03. The zero-order chi connectivity index (χ0) is 23.6. The molecule has 176 valence electrons. The molecule has 7 nitrogen and oxygen atoms in total. The molecule has 1 aliphatic heterocycles. The number of benzene rings is 1. The molecule has 0 amide bonds. The Bertz CT molecular complexity index is 1050. The minimum Gasteiger partial charge on any atom is -0.492 e. The van der Waals surface area contributed by atoms with Crippen LogP contribution >= 0.6 is 0 Å². The largest absolute Gasteiger partial charge is 0.492 e. The lowest BCUT2D eigenvalue weighted by molar-refractivity contribution is 0.0662. The smallest absolute Gasteiger partial charge is 0.371 e. The van der Waals surface area contributed by atoms with E-state index in [1.165, 1.54) is 24.0 Å². The minimum absolute atomic E-state index is 0.0225. The maximum atomic E-state index is 12.2. The number of ether oxygens (including phenoxy) is 2. The highest BCUT2D eigenvalue weighted by Gasteiger charge is 2.16. The van der Waals surface area contributed by atoms with Crippen LogP contribution in [0.25, 0.3) is 0 Å². The number of carboxylic acids is 1. The van der Waals surface area contributed by atoms with Gasteiger partial charge in [-0.2, -0.15) is 0 Å². The summed E-state index contributed by atoms with van der Waals surface area (Å²) in [6.07, 6.45) is 6.49. The molecule has 4 rings (SSSR count). The Morgan fingerprint density at radius 1 is 1.21 bits per heavy atom. The molecule has 1 aliphatic rings. The predicted octanol–water partition coefficient (Wildman–Crippen LogP) is 4.75. The van der Waals surface area contributed by atoms with Crippen molar-refractivity contribution in [3.63, 3.8) is 0 Å². The van der Waals surface area contributed by atoms with Crippen molar-refractivity contribution < 1.29 is 23.8 Å². The van der Waals surface area contributed by atoms with Crippen LogP contribution in [0.15, 0.2) is 70.2 Å². The Morgan fingerprint density at radius 2 is 2.00 bits per heavy atom. The van der Waals surface area contributed by atoms with Gasteiger partial charge in [-0.1, -0.05) is 26.0 Å². The highest BCUT2D eigenvalue weighted by molar-refractivity contribution is 5.84. The predicted molar refractivity (Wildman–Crippen MR) is 125 cm³/mol. The quantitative estimate of drug-likeness (QED) is 0.529. The van der Waals surface area contributed by atoms with Gasteiger partial charge >= 0.3 is 5.97 Å². The van der Waals surface area contributed by atoms with Gasteiger partial charge < -0.3 is 23.6 Å². The molecule has 33 heavy (non-hydrogen) atoms. The lowest BCUT2D eigenvalue weighted by Crippen LogP contribution is -2.23. The topological polar surface area (TPSA) is 90.9 Å². The number of carbonyl (C=O) groups is 1. The molecule has 0 radical (unpaired) electrons. The third kappa shape index (κ3) is 7.64. The van der Waals surface area contributed by atoms with Gasteiger partial charge in [-0.05, 0) is 66.6 Å². The molecule has 0 bridgehead atoms. The van der Waals surface area contributed by atoms with Crippen molar-refractivity contribution in [2.45, 2.75) is 51.7 Å². The van der Waals surface area contributed by atoms with Crippen LogP contribution in [0.5, 0.6) is 5.75 Å². The Hall–Kier alpha value is -3.32. The monoisotopic (exact) mass is 453 g/mol. The van der Waals surface area contributed by atoms with Crippen molar-refractivity contribution in [2.24, 2.45) is 0 Å². The van der Waals surface area contributed by atoms with Gasteiger partial charge in [0.2, 0.25) is 5.76 Å². The maximum absolute atomic E-state index is 12.2. The van der Waals surface area contributed by atoms with Gasteiger partial charge in [-0.15, -0.1) is 0 Å². The molecule has 0 spiro atoms. The summed E-state index contributed by atoms with van der Waals surface area (Å²) in [5.74, 6) is 0.299. The first-order chi connectivity index (χ1) is 15.9. The summed E-state index contributed by atoms with van der Waals surface area (Å²) < 4.78 is 17.6. The van der Waals surface area contributed by atoms with Crippen molar-refractivity contribution in [1.29, 1.82) is 0 Å². The summed E-state index contributed by atoms with van der Waals surface area (Å²) in [5.41, 5.74) is 2.37. The van der Waals surface area contributed by atoms with Crippen molar-refractivity contribution in [2.75, 3.05) is 13.2 Å². The van der Waals surface area contributed by atoms with Crippen molar-refractivity contribution in [3.05, 3.63) is 88.2 Å². The van der Waals surface area contributed by atoms with E-state index in [-0.39, 0.29) is 17.4 Å². The molecule has 3 aromatic rings. The molecule has 7 heteroatoms. The molecule has 0 saturated carbocycles. The number of rotatable bonds is 8. The third-order valence-electron chi connectivity index (χ3n) is 5.43. The highest BCUT2D eigenvalue weighted by Crippen LogP contribution is 2.19. The number of hydrogen-bond donors (Lipinski definition) is 1. The highest BCUT2D eigenvalue weighted by atomic mass is 16.5. The fourth-order valence-electron chi connectivity index (χ4n) is 3.54. The number of hydrogen-bond acceptors (Lipinski definition) is 5. The number of pyridine rings is 1. The number of nitrogens with zero attached hydrogens (tertiary/aromatic N) is 1. The average molecular weight is 454 g/mol. The molecule has 1 fully saturated rings. The van der Waals surface area contributed by atoms with E-state index in [0.717, 1.165) is 37.2 Å². The second-order valence-corrected chi connectivity index (χ2v) is 8.26. The Morgan fingerprint density at radius 3 is 2.55 bits per heavy atom. The molecular formula is C26H31NO6. The molecule has 1 atom stereocenters. The van der Waals surface area contributed by atoms with Crippen LogP contribution in [-0.4, -0.2) is 35.0 Å². The Balaban J connectivity index is 0.000000323. The standard InChI is InChI=1S/C21H27NO3.C5H4O3/c1-16(2)18-5-7-19(8-6-18)25-13-11-22-10-9-17(15-21(22)23)14-20-4-3-12-24-20;6-5(7)4-2-1-3-8-4/h5-10,15-16,20H,3-4,11-14H2,1-2H3;1-3H,(H,6,7). The Labute approximate surface area is 193 Å². The lowest BCUT2D eigenvalue weighted by Gasteiger charge is -2.12. The molecule has 1 unspecified atom stereocenters. The van der Waals surface area contributed by atoms with Crippen LogP contribution in [0.2, 0.25) is 0 Å². The average Bonchev–Trinajstić information content (AvgIpc) is 3.51. The van der Waals surface area contributed by atoms with Crippen LogP contribution in [-0.2, 0) is 17.7 Å². The maximum Gasteiger partial charge on any atom is 0.371 e. The number of carboxylic acid groups (broad SMARTS) is 1. The fraction of sp³-hybridized carbons (Fsp3) is 0.385. The fourth-order valence-corrected chi connectivity index (χ4v) is 3.54. The molecule has 0 aliphatic carbocycles. The summed E-state index contributed by atoms with van der Waals surface area (Å²) in [4.78, 5) is 22.2. The molecule has 1 saturated heterocycles. The summed E-state index contributed by atoms with van der Waals surface area (Å²) >= 11 is 0. The van der Waals surface area contributed by atoms with E-state index in [9.17, 15) is 9.59 Å². The zero-order valence-electron chi connectivity index (χ0n) is 19.1. The second-order valence-electron chi connectivity index (χ2n) is 8.26. The van der Waals surface area contributed by atoms with E-state index in [0.29, 0.717) is 19.1 Å². The Kier molecular flexibility index (Phi) is 8.89. The molecule has 2 aromatic heterocycles.